The van der Waals surface area contributed by atoms with Gasteiger partial charge in [-0.15, -0.1) is 0 Å². The summed E-state index contributed by atoms with van der Waals surface area (Å²) in [6.07, 6.45) is 5.20. The zero-order valence-electron chi connectivity index (χ0n) is 19.4. The van der Waals surface area contributed by atoms with Gasteiger partial charge in [-0.3, -0.25) is 9.36 Å². The Bertz CT molecular complexity index is 1000. The summed E-state index contributed by atoms with van der Waals surface area (Å²) in [7, 11) is 1.83. The second-order valence-corrected chi connectivity index (χ2v) is 9.34. The van der Waals surface area contributed by atoms with E-state index >= 15 is 0 Å². The maximum atomic E-state index is 12.3. The van der Waals surface area contributed by atoms with Crippen LogP contribution in [0, 0.1) is 0 Å². The molecule has 1 amide bonds. The van der Waals surface area contributed by atoms with Gasteiger partial charge in [-0.1, -0.05) is 0 Å². The molecule has 0 spiro atoms. The number of nitrogens with zero attached hydrogens (tertiary/aromatic N) is 7. The first kappa shape index (κ1) is 22.6. The molecule has 33 heavy (non-hydrogen) atoms. The molecule has 180 valence electrons. The number of halogens is 1. The first-order chi connectivity index (χ1) is 16.0. The molecule has 5 rings (SSSR count). The lowest BCUT2D eigenvalue weighted by Crippen LogP contribution is -2.49. The molecule has 2 aromatic rings. The quantitative estimate of drug-likeness (QED) is 0.606. The third-order valence-electron chi connectivity index (χ3n) is 6.81. The van der Waals surface area contributed by atoms with Gasteiger partial charge in [-0.25, -0.2) is 4.98 Å². The summed E-state index contributed by atoms with van der Waals surface area (Å²) in [4.78, 5) is 32.3. The average Bonchev–Trinajstić information content (AvgIpc) is 3.20. The normalized spacial score (nSPS) is 23.1. The summed E-state index contributed by atoms with van der Waals surface area (Å²) < 4.78 is 14.0. The number of likely N-dealkylation sites (N-methyl/N-ethyl adjacent to an activating group) is 1. The van der Waals surface area contributed by atoms with Crippen LogP contribution in [0.4, 0.5) is 11.8 Å². The number of carbonyl (C=O) groups is 1. The third-order valence-corrected chi connectivity index (χ3v) is 6.98. The van der Waals surface area contributed by atoms with Gasteiger partial charge in [0.15, 0.2) is 23.3 Å². The van der Waals surface area contributed by atoms with Crippen molar-refractivity contribution in [3.05, 3.63) is 5.28 Å². The number of piperidine rings is 1. The van der Waals surface area contributed by atoms with Crippen molar-refractivity contribution in [2.24, 2.45) is 0 Å². The van der Waals surface area contributed by atoms with Crippen LogP contribution in [0.5, 0.6) is 0 Å². The van der Waals surface area contributed by atoms with Crippen LogP contribution in [0.15, 0.2) is 0 Å². The molecule has 0 bridgehead atoms. The van der Waals surface area contributed by atoms with Gasteiger partial charge < -0.3 is 24.2 Å². The molecule has 3 saturated heterocycles. The van der Waals surface area contributed by atoms with Crippen molar-refractivity contribution in [3.8, 4) is 0 Å². The third kappa shape index (κ3) is 4.61. The average molecular weight is 478 g/mol. The van der Waals surface area contributed by atoms with Crippen LogP contribution >= 0.6 is 11.6 Å². The molecule has 5 heterocycles. The van der Waals surface area contributed by atoms with E-state index in [9.17, 15) is 4.79 Å². The van der Waals surface area contributed by atoms with Crippen LogP contribution in [0.3, 0.4) is 0 Å². The minimum atomic E-state index is -0.0652. The van der Waals surface area contributed by atoms with Crippen LogP contribution in [0.25, 0.3) is 11.2 Å². The molecule has 3 aliphatic heterocycles. The van der Waals surface area contributed by atoms with Crippen LogP contribution in [0.1, 0.15) is 39.0 Å². The number of rotatable bonds is 5. The second kappa shape index (κ2) is 9.60. The van der Waals surface area contributed by atoms with E-state index in [1.54, 1.807) is 4.90 Å². The number of carbonyl (C=O) groups excluding carboxylic acids is 1. The molecule has 11 heteroatoms. The lowest BCUT2D eigenvalue weighted by atomic mass is 10.1. The molecule has 0 radical (unpaired) electrons. The Morgan fingerprint density at radius 3 is 2.58 bits per heavy atom. The molecule has 1 atom stereocenters. The maximum absolute atomic E-state index is 12.3. The largest absolute Gasteiger partial charge is 0.354 e. The molecule has 10 nitrogen and oxygen atoms in total. The molecule has 0 aromatic carbocycles. The standard InChI is InChI=1S/C22H32ClN7O3/c1-3-30-20-18(24-22(30)29-12-11-27(2)16(31)14-29)19(25-21(23)26-20)28-9-7-15(8-10-28)33-17-6-4-5-13-32-17/h15,17H,3-14H2,1-2H3. The minimum Gasteiger partial charge on any atom is -0.354 e. The highest BCUT2D eigenvalue weighted by Crippen LogP contribution is 2.32. The van der Waals surface area contributed by atoms with E-state index < -0.39 is 0 Å². The van der Waals surface area contributed by atoms with Crippen molar-refractivity contribution in [1.82, 2.24) is 24.4 Å². The van der Waals surface area contributed by atoms with E-state index in [-0.39, 0.29) is 23.6 Å². The Kier molecular flexibility index (Phi) is 6.58. The molecular formula is C22H32ClN7O3. The molecule has 0 N–H and O–H groups in total. The van der Waals surface area contributed by atoms with Gasteiger partial charge in [0.2, 0.25) is 17.1 Å². The monoisotopic (exact) mass is 477 g/mol. The van der Waals surface area contributed by atoms with Gasteiger partial charge in [0, 0.05) is 46.4 Å². The van der Waals surface area contributed by atoms with E-state index in [0.29, 0.717) is 25.3 Å². The Morgan fingerprint density at radius 1 is 1.06 bits per heavy atom. The van der Waals surface area contributed by atoms with Gasteiger partial charge >= 0.3 is 0 Å². The van der Waals surface area contributed by atoms with Crippen molar-refractivity contribution in [3.63, 3.8) is 0 Å². The number of ether oxygens (including phenoxy) is 2. The fourth-order valence-corrected chi connectivity index (χ4v) is 5.03. The van der Waals surface area contributed by atoms with Gasteiger partial charge in [0.1, 0.15) is 0 Å². The summed E-state index contributed by atoms with van der Waals surface area (Å²) in [5.41, 5.74) is 1.44. The van der Waals surface area contributed by atoms with Crippen molar-refractivity contribution in [2.45, 2.75) is 58.0 Å². The summed E-state index contributed by atoms with van der Waals surface area (Å²) >= 11 is 6.36. The van der Waals surface area contributed by atoms with E-state index in [2.05, 4.69) is 14.9 Å². The molecule has 0 saturated carbocycles. The van der Waals surface area contributed by atoms with Gasteiger partial charge in [-0.05, 0) is 50.6 Å². The number of aryl methyl sites for hydroxylation is 1. The summed E-state index contributed by atoms with van der Waals surface area (Å²) in [6, 6.07) is 0. The van der Waals surface area contributed by atoms with Gasteiger partial charge in [-0.2, -0.15) is 9.97 Å². The predicted octanol–water partition coefficient (Wildman–Crippen LogP) is 2.29. The molecule has 3 fully saturated rings. The number of hydrogen-bond donors (Lipinski definition) is 0. The van der Waals surface area contributed by atoms with Crippen molar-refractivity contribution >= 4 is 40.4 Å². The van der Waals surface area contributed by atoms with E-state index in [1.807, 2.05) is 23.4 Å². The zero-order chi connectivity index (χ0) is 22.9. The Balaban J connectivity index is 1.37. The van der Waals surface area contributed by atoms with E-state index in [4.69, 9.17) is 26.1 Å². The number of aromatic nitrogens is 4. The first-order valence-corrected chi connectivity index (χ1v) is 12.4. The van der Waals surface area contributed by atoms with Crippen LogP contribution in [-0.4, -0.2) is 89.1 Å². The van der Waals surface area contributed by atoms with Crippen LogP contribution in [-0.2, 0) is 20.8 Å². The lowest BCUT2D eigenvalue weighted by molar-refractivity contribution is -0.191. The molecule has 3 aliphatic rings. The lowest BCUT2D eigenvalue weighted by Gasteiger charge is -2.35. The molecule has 0 aliphatic carbocycles. The number of piperazine rings is 1. The summed E-state index contributed by atoms with van der Waals surface area (Å²) in [5.74, 6) is 1.59. The highest BCUT2D eigenvalue weighted by Gasteiger charge is 2.30. The SMILES string of the molecule is CCn1c(N2CCN(C)C(=O)C2)nc2c(N3CCC(OC4CCCCO4)CC3)nc(Cl)nc21. The highest BCUT2D eigenvalue weighted by molar-refractivity contribution is 6.28. The Labute approximate surface area is 198 Å². The number of imidazole rings is 1. The Hall–Kier alpha value is -2.17. The maximum Gasteiger partial charge on any atom is 0.242 e. The first-order valence-electron chi connectivity index (χ1n) is 12.0. The number of fused-ring (bicyclic) bond motifs is 1. The topological polar surface area (TPSA) is 88.9 Å². The summed E-state index contributed by atoms with van der Waals surface area (Å²) in [6.45, 7) is 6.84. The summed E-state index contributed by atoms with van der Waals surface area (Å²) in [5, 5.41) is 0.210. The van der Waals surface area contributed by atoms with Crippen molar-refractivity contribution < 1.29 is 14.3 Å². The van der Waals surface area contributed by atoms with E-state index in [1.165, 1.54) is 6.42 Å². The van der Waals surface area contributed by atoms with Gasteiger partial charge in [0.05, 0.1) is 12.6 Å². The fourth-order valence-electron chi connectivity index (χ4n) is 4.87. The van der Waals surface area contributed by atoms with Crippen LogP contribution in [0.2, 0.25) is 5.28 Å². The molecular weight excluding hydrogens is 446 g/mol. The predicted molar refractivity (Wildman–Crippen MR) is 126 cm³/mol. The minimum absolute atomic E-state index is 0.0652. The zero-order valence-corrected chi connectivity index (χ0v) is 20.1. The van der Waals surface area contributed by atoms with Crippen molar-refractivity contribution in [2.75, 3.05) is 56.2 Å². The fraction of sp³-hybridized carbons (Fsp3) is 0.727. The number of anilines is 2. The highest BCUT2D eigenvalue weighted by atomic mass is 35.5. The second-order valence-electron chi connectivity index (χ2n) is 9.00. The Morgan fingerprint density at radius 2 is 1.88 bits per heavy atom. The molecule has 2 aromatic heterocycles. The number of amides is 1. The van der Waals surface area contributed by atoms with Crippen LogP contribution < -0.4 is 9.80 Å². The smallest absolute Gasteiger partial charge is 0.242 e. The van der Waals surface area contributed by atoms with E-state index in [0.717, 1.165) is 69.2 Å². The molecule has 1 unspecified atom stereocenters. The van der Waals surface area contributed by atoms with Crippen molar-refractivity contribution in [1.29, 1.82) is 0 Å². The number of hydrogen-bond acceptors (Lipinski definition) is 8. The van der Waals surface area contributed by atoms with Gasteiger partial charge in [0.25, 0.3) is 0 Å².